The van der Waals surface area contributed by atoms with E-state index in [1.54, 1.807) is 11.8 Å². The molecule has 0 saturated carbocycles. The molecule has 104 valence electrons. The Morgan fingerprint density at radius 1 is 1.15 bits per heavy atom. The average Bonchev–Trinajstić information content (AvgIpc) is 2.81. The lowest BCUT2D eigenvalue weighted by molar-refractivity contribution is 0.554. The molecule has 2 N–H and O–H groups in total. The van der Waals surface area contributed by atoms with Crippen molar-refractivity contribution in [3.8, 4) is 0 Å². The van der Waals surface area contributed by atoms with Gasteiger partial charge < -0.3 is 5.73 Å². The van der Waals surface area contributed by atoms with Crippen molar-refractivity contribution in [3.05, 3.63) is 65.2 Å². The van der Waals surface area contributed by atoms with Crippen LogP contribution in [0.5, 0.6) is 0 Å². The summed E-state index contributed by atoms with van der Waals surface area (Å²) in [5.41, 5.74) is 8.13. The largest absolute Gasteiger partial charge is 0.327 e. The standard InChI is InChI=1S/C16H15F2NS/c17-11-5-10(6-12(18)8-11)7-15(19)14-9-20-16-4-2-1-3-13(14)16/h1-6,8,14-15H,7,9,19H2. The van der Waals surface area contributed by atoms with Gasteiger partial charge in [0.25, 0.3) is 0 Å². The van der Waals surface area contributed by atoms with Crippen LogP contribution in [0.15, 0.2) is 47.4 Å². The van der Waals surface area contributed by atoms with Crippen LogP contribution in [-0.2, 0) is 6.42 Å². The molecule has 0 aliphatic carbocycles. The number of rotatable bonds is 3. The molecule has 1 aliphatic heterocycles. The molecule has 2 aromatic carbocycles. The third-order valence-electron chi connectivity index (χ3n) is 3.65. The molecule has 1 heterocycles. The summed E-state index contributed by atoms with van der Waals surface area (Å²) < 4.78 is 26.4. The molecule has 1 aliphatic rings. The van der Waals surface area contributed by atoms with E-state index in [1.165, 1.54) is 22.6 Å². The second-order valence-corrected chi connectivity index (χ2v) is 6.16. The van der Waals surface area contributed by atoms with Gasteiger partial charge in [-0.3, -0.25) is 0 Å². The van der Waals surface area contributed by atoms with Crippen LogP contribution in [0.2, 0.25) is 0 Å². The SMILES string of the molecule is NC(Cc1cc(F)cc(F)c1)C1CSc2ccccc21. The highest BCUT2D eigenvalue weighted by Crippen LogP contribution is 2.41. The second kappa shape index (κ2) is 5.54. The quantitative estimate of drug-likeness (QED) is 0.932. The molecular formula is C16H15F2NS. The zero-order chi connectivity index (χ0) is 14.1. The molecule has 0 radical (unpaired) electrons. The Labute approximate surface area is 121 Å². The Morgan fingerprint density at radius 3 is 2.60 bits per heavy atom. The summed E-state index contributed by atoms with van der Waals surface area (Å²) in [6.07, 6.45) is 0.480. The van der Waals surface area contributed by atoms with E-state index in [1.807, 2.05) is 12.1 Å². The molecule has 0 spiro atoms. The fourth-order valence-corrected chi connectivity index (χ4v) is 4.03. The minimum Gasteiger partial charge on any atom is -0.327 e. The molecule has 2 unspecified atom stereocenters. The lowest BCUT2D eigenvalue weighted by atomic mass is 9.90. The first kappa shape index (κ1) is 13.6. The zero-order valence-electron chi connectivity index (χ0n) is 10.9. The van der Waals surface area contributed by atoms with E-state index in [4.69, 9.17) is 5.73 Å². The van der Waals surface area contributed by atoms with Crippen LogP contribution in [0, 0.1) is 11.6 Å². The average molecular weight is 291 g/mol. The van der Waals surface area contributed by atoms with Gasteiger partial charge in [-0.15, -0.1) is 11.8 Å². The minimum atomic E-state index is -0.548. The summed E-state index contributed by atoms with van der Waals surface area (Å²) in [7, 11) is 0. The number of fused-ring (bicyclic) bond motifs is 1. The van der Waals surface area contributed by atoms with Crippen molar-refractivity contribution in [2.75, 3.05) is 5.75 Å². The van der Waals surface area contributed by atoms with Gasteiger partial charge in [-0.1, -0.05) is 18.2 Å². The highest BCUT2D eigenvalue weighted by Gasteiger charge is 2.28. The predicted molar refractivity (Wildman–Crippen MR) is 77.9 cm³/mol. The van der Waals surface area contributed by atoms with E-state index in [2.05, 4.69) is 12.1 Å². The number of hydrogen-bond acceptors (Lipinski definition) is 2. The predicted octanol–water partition coefficient (Wildman–Crippen LogP) is 3.72. The van der Waals surface area contributed by atoms with Gasteiger partial charge in [0, 0.05) is 28.7 Å². The van der Waals surface area contributed by atoms with Crippen molar-refractivity contribution in [1.82, 2.24) is 0 Å². The molecular weight excluding hydrogens is 276 g/mol. The van der Waals surface area contributed by atoms with Crippen LogP contribution in [-0.4, -0.2) is 11.8 Å². The van der Waals surface area contributed by atoms with E-state index in [0.717, 1.165) is 11.8 Å². The number of thioether (sulfide) groups is 1. The van der Waals surface area contributed by atoms with Crippen molar-refractivity contribution in [3.63, 3.8) is 0 Å². The van der Waals surface area contributed by atoms with Crippen LogP contribution in [0.4, 0.5) is 8.78 Å². The fraction of sp³-hybridized carbons (Fsp3) is 0.250. The van der Waals surface area contributed by atoms with Gasteiger partial charge in [0.2, 0.25) is 0 Å². The van der Waals surface area contributed by atoms with Gasteiger partial charge in [0.1, 0.15) is 11.6 Å². The van der Waals surface area contributed by atoms with Crippen LogP contribution in [0.25, 0.3) is 0 Å². The third kappa shape index (κ3) is 2.72. The molecule has 0 bridgehead atoms. The molecule has 0 saturated heterocycles. The summed E-state index contributed by atoms with van der Waals surface area (Å²) in [5, 5.41) is 0. The van der Waals surface area contributed by atoms with Crippen molar-refractivity contribution in [2.24, 2.45) is 5.73 Å². The first-order chi connectivity index (χ1) is 9.63. The number of benzene rings is 2. The Bertz CT molecular complexity index is 609. The maximum absolute atomic E-state index is 13.2. The molecule has 1 nitrogen and oxygen atoms in total. The second-order valence-electron chi connectivity index (χ2n) is 5.10. The van der Waals surface area contributed by atoms with Gasteiger partial charge in [-0.25, -0.2) is 8.78 Å². The summed E-state index contributed by atoms with van der Waals surface area (Å²) in [6, 6.07) is 11.7. The normalized spacial score (nSPS) is 18.9. The van der Waals surface area contributed by atoms with E-state index >= 15 is 0 Å². The van der Waals surface area contributed by atoms with Crippen LogP contribution >= 0.6 is 11.8 Å². The smallest absolute Gasteiger partial charge is 0.126 e. The van der Waals surface area contributed by atoms with Crippen LogP contribution in [0.1, 0.15) is 17.0 Å². The van der Waals surface area contributed by atoms with Crippen LogP contribution < -0.4 is 5.73 Å². The van der Waals surface area contributed by atoms with E-state index in [9.17, 15) is 8.78 Å². The van der Waals surface area contributed by atoms with Crippen molar-refractivity contribution in [1.29, 1.82) is 0 Å². The molecule has 4 heteroatoms. The maximum atomic E-state index is 13.2. The van der Waals surface area contributed by atoms with E-state index in [-0.39, 0.29) is 12.0 Å². The van der Waals surface area contributed by atoms with Gasteiger partial charge in [0.15, 0.2) is 0 Å². The zero-order valence-corrected chi connectivity index (χ0v) is 11.7. The van der Waals surface area contributed by atoms with Crippen molar-refractivity contribution < 1.29 is 8.78 Å². The molecule has 0 amide bonds. The maximum Gasteiger partial charge on any atom is 0.126 e. The first-order valence-electron chi connectivity index (χ1n) is 6.56. The van der Waals surface area contributed by atoms with Gasteiger partial charge >= 0.3 is 0 Å². The summed E-state index contributed by atoms with van der Waals surface area (Å²) in [5.74, 6) is 0.0718. The summed E-state index contributed by atoms with van der Waals surface area (Å²) in [4.78, 5) is 1.26. The lowest BCUT2D eigenvalue weighted by Crippen LogP contribution is -2.31. The highest BCUT2D eigenvalue weighted by atomic mass is 32.2. The highest BCUT2D eigenvalue weighted by molar-refractivity contribution is 7.99. The van der Waals surface area contributed by atoms with E-state index < -0.39 is 11.6 Å². The first-order valence-corrected chi connectivity index (χ1v) is 7.54. The Balaban J connectivity index is 1.79. The number of halogens is 2. The lowest BCUT2D eigenvalue weighted by Gasteiger charge is -2.19. The van der Waals surface area contributed by atoms with Crippen LogP contribution in [0.3, 0.4) is 0 Å². The Kier molecular flexibility index (Phi) is 3.76. The topological polar surface area (TPSA) is 26.0 Å². The molecule has 3 rings (SSSR count). The molecule has 2 aromatic rings. The van der Waals surface area contributed by atoms with Gasteiger partial charge in [-0.05, 0) is 35.7 Å². The molecule has 2 atom stereocenters. The van der Waals surface area contributed by atoms with Gasteiger partial charge in [0.05, 0.1) is 0 Å². The Hall–Kier alpha value is -1.39. The Morgan fingerprint density at radius 2 is 1.85 bits per heavy atom. The number of nitrogens with two attached hydrogens (primary N) is 1. The van der Waals surface area contributed by atoms with Gasteiger partial charge in [-0.2, -0.15) is 0 Å². The van der Waals surface area contributed by atoms with Crippen molar-refractivity contribution >= 4 is 11.8 Å². The van der Waals surface area contributed by atoms with Crippen molar-refractivity contribution in [2.45, 2.75) is 23.3 Å². The minimum absolute atomic E-state index is 0.132. The summed E-state index contributed by atoms with van der Waals surface area (Å²) in [6.45, 7) is 0. The van der Waals surface area contributed by atoms with E-state index in [0.29, 0.717) is 12.0 Å². The summed E-state index contributed by atoms with van der Waals surface area (Å²) >= 11 is 1.79. The third-order valence-corrected chi connectivity index (χ3v) is 4.86. The monoisotopic (exact) mass is 291 g/mol. The fourth-order valence-electron chi connectivity index (χ4n) is 2.69. The molecule has 0 fully saturated rings. The molecule has 0 aromatic heterocycles. The number of hydrogen-bond donors (Lipinski definition) is 1. The molecule has 20 heavy (non-hydrogen) atoms.